The third kappa shape index (κ3) is 5.72. The fraction of sp³-hybridized carbons (Fsp3) is 0.682. The number of aliphatic hydroxyl groups excluding tert-OH is 2. The van der Waals surface area contributed by atoms with Crippen molar-refractivity contribution in [2.45, 2.75) is 71.0 Å². The van der Waals surface area contributed by atoms with Crippen LogP contribution in [0, 0.1) is 35.5 Å². The second-order valence-electron chi connectivity index (χ2n) is 7.84. The summed E-state index contributed by atoms with van der Waals surface area (Å²) in [5.74, 6) is 6.25. The van der Waals surface area contributed by atoms with E-state index >= 15 is 0 Å². The van der Waals surface area contributed by atoms with Crippen molar-refractivity contribution in [2.75, 3.05) is 0 Å². The smallest absolute Gasteiger partial charge is 0.303 e. The van der Waals surface area contributed by atoms with Gasteiger partial charge in [-0.2, -0.15) is 0 Å². The maximum Gasteiger partial charge on any atom is 0.303 e. The van der Waals surface area contributed by atoms with Crippen molar-refractivity contribution in [2.24, 2.45) is 23.7 Å². The molecular formula is C22H32O4. The van der Waals surface area contributed by atoms with Crippen molar-refractivity contribution in [3.63, 3.8) is 0 Å². The topological polar surface area (TPSA) is 77.8 Å². The molecule has 2 fully saturated rings. The van der Waals surface area contributed by atoms with Crippen LogP contribution in [0.1, 0.15) is 58.8 Å². The number of aliphatic carboxylic acids is 1. The first kappa shape index (κ1) is 20.7. The van der Waals surface area contributed by atoms with Crippen LogP contribution in [0.4, 0.5) is 0 Å². The van der Waals surface area contributed by atoms with Gasteiger partial charge in [-0.25, -0.2) is 0 Å². The van der Waals surface area contributed by atoms with Gasteiger partial charge in [-0.1, -0.05) is 30.7 Å². The number of hydrogen-bond acceptors (Lipinski definition) is 3. The van der Waals surface area contributed by atoms with E-state index in [1.165, 1.54) is 5.57 Å². The third-order valence-corrected chi connectivity index (χ3v) is 5.85. The Labute approximate surface area is 157 Å². The number of hydrogen-bond donors (Lipinski definition) is 3. The lowest BCUT2D eigenvalue weighted by molar-refractivity contribution is -0.137. The first-order chi connectivity index (χ1) is 12.4. The number of unbranched alkanes of at least 4 members (excludes halogenated alkanes) is 1. The molecule has 2 aliphatic rings. The average Bonchev–Trinajstić information content (AvgIpc) is 3.10. The number of allylic oxidation sites excluding steroid dienone is 2. The molecule has 3 N–H and O–H groups in total. The Bertz CT molecular complexity index is 595. The summed E-state index contributed by atoms with van der Waals surface area (Å²) in [7, 11) is 0. The summed E-state index contributed by atoms with van der Waals surface area (Å²) in [6, 6.07) is 0. The van der Waals surface area contributed by atoms with E-state index in [9.17, 15) is 15.0 Å². The number of rotatable bonds is 8. The van der Waals surface area contributed by atoms with E-state index in [0.717, 1.165) is 25.7 Å². The molecule has 0 aliphatic heterocycles. The first-order valence-electron chi connectivity index (χ1n) is 9.76. The average molecular weight is 360 g/mol. The van der Waals surface area contributed by atoms with Gasteiger partial charge in [0.25, 0.3) is 0 Å². The van der Waals surface area contributed by atoms with Crippen molar-refractivity contribution in [3.8, 4) is 11.8 Å². The lowest BCUT2D eigenvalue weighted by Gasteiger charge is -2.19. The maximum atomic E-state index is 10.6. The molecule has 0 spiro atoms. The molecule has 0 radical (unpaired) electrons. The molecule has 0 amide bonds. The van der Waals surface area contributed by atoms with Crippen LogP contribution in [0.15, 0.2) is 23.8 Å². The van der Waals surface area contributed by atoms with Gasteiger partial charge in [-0.05, 0) is 56.8 Å². The minimum absolute atomic E-state index is 0.0845. The Balaban J connectivity index is 1.89. The SMILES string of the molecule is CC#CCC(C)[C@@H](O)/C=C/[C@@H]1[C@H]2C/C(=C\CCCC(=O)O)C[C@H]2C[C@H]1O. The lowest BCUT2D eigenvalue weighted by Crippen LogP contribution is -2.19. The summed E-state index contributed by atoms with van der Waals surface area (Å²) in [4.78, 5) is 10.6. The Morgan fingerprint density at radius 3 is 2.85 bits per heavy atom. The Morgan fingerprint density at radius 1 is 1.38 bits per heavy atom. The largest absolute Gasteiger partial charge is 0.481 e. The molecule has 6 atom stereocenters. The van der Waals surface area contributed by atoms with Crippen LogP contribution in [0.5, 0.6) is 0 Å². The number of aliphatic hydroxyl groups is 2. The van der Waals surface area contributed by atoms with Gasteiger partial charge in [-0.15, -0.1) is 11.8 Å². The fourth-order valence-corrected chi connectivity index (χ4v) is 4.31. The molecule has 0 aromatic heterocycles. The van der Waals surface area contributed by atoms with E-state index in [-0.39, 0.29) is 24.4 Å². The monoisotopic (exact) mass is 360 g/mol. The minimum Gasteiger partial charge on any atom is -0.481 e. The molecule has 0 heterocycles. The van der Waals surface area contributed by atoms with Crippen molar-refractivity contribution in [1.82, 2.24) is 0 Å². The van der Waals surface area contributed by atoms with Crippen LogP contribution in [0.25, 0.3) is 0 Å². The van der Waals surface area contributed by atoms with Gasteiger partial charge in [0.2, 0.25) is 0 Å². The number of carbonyl (C=O) groups is 1. The van der Waals surface area contributed by atoms with Gasteiger partial charge in [0, 0.05) is 18.8 Å². The highest BCUT2D eigenvalue weighted by molar-refractivity contribution is 5.66. The highest BCUT2D eigenvalue weighted by atomic mass is 16.4. The zero-order valence-corrected chi connectivity index (χ0v) is 15.9. The second-order valence-corrected chi connectivity index (χ2v) is 7.84. The molecule has 26 heavy (non-hydrogen) atoms. The van der Waals surface area contributed by atoms with Gasteiger partial charge in [0.05, 0.1) is 12.2 Å². The van der Waals surface area contributed by atoms with Gasteiger partial charge in [-0.3, -0.25) is 4.79 Å². The number of carboxylic acids is 1. The zero-order valence-electron chi connectivity index (χ0n) is 15.9. The Kier molecular flexibility index (Phi) is 7.93. The van der Waals surface area contributed by atoms with E-state index < -0.39 is 12.1 Å². The van der Waals surface area contributed by atoms with Crippen LogP contribution in [0.3, 0.4) is 0 Å². The van der Waals surface area contributed by atoms with Crippen molar-refractivity contribution in [3.05, 3.63) is 23.8 Å². The van der Waals surface area contributed by atoms with E-state index in [4.69, 9.17) is 5.11 Å². The molecule has 0 saturated heterocycles. The fourth-order valence-electron chi connectivity index (χ4n) is 4.31. The third-order valence-electron chi connectivity index (χ3n) is 5.85. The van der Waals surface area contributed by atoms with Crippen molar-refractivity contribution in [1.29, 1.82) is 0 Å². The molecule has 2 rings (SSSR count). The molecule has 0 aromatic rings. The van der Waals surface area contributed by atoms with E-state index in [1.807, 2.05) is 19.1 Å². The van der Waals surface area contributed by atoms with E-state index in [1.54, 1.807) is 6.92 Å². The predicted molar refractivity (Wildman–Crippen MR) is 102 cm³/mol. The molecule has 144 valence electrons. The molecule has 2 saturated carbocycles. The number of carboxylic acid groups (broad SMARTS) is 1. The first-order valence-corrected chi connectivity index (χ1v) is 9.76. The van der Waals surface area contributed by atoms with Crippen molar-refractivity contribution >= 4 is 5.97 Å². The van der Waals surface area contributed by atoms with Crippen LogP contribution < -0.4 is 0 Å². The summed E-state index contributed by atoms with van der Waals surface area (Å²) < 4.78 is 0. The summed E-state index contributed by atoms with van der Waals surface area (Å²) in [5, 5.41) is 29.4. The van der Waals surface area contributed by atoms with E-state index in [0.29, 0.717) is 24.7 Å². The Morgan fingerprint density at radius 2 is 2.15 bits per heavy atom. The standard InChI is InChI=1S/C22H32O4/c1-3-4-7-15(2)20(23)11-10-18-19-13-16(8-5-6-9-22(25)26)12-17(19)14-21(18)24/h8,10-11,15,17-21,23-24H,5-7,9,12-14H2,1-2H3,(H,25,26)/b11-10+,16-8-/t15?,17-,18+,19-,20-,21+/m0/s1. The van der Waals surface area contributed by atoms with Crippen molar-refractivity contribution < 1.29 is 20.1 Å². The number of fused-ring (bicyclic) bond motifs is 1. The van der Waals surface area contributed by atoms with Crippen LogP contribution in [-0.4, -0.2) is 33.5 Å². The maximum absolute atomic E-state index is 10.6. The quantitative estimate of drug-likeness (QED) is 0.351. The molecule has 1 unspecified atom stereocenters. The second kappa shape index (κ2) is 9.94. The minimum atomic E-state index is -0.738. The predicted octanol–water partition coefficient (Wildman–Crippen LogP) is 3.54. The molecule has 4 heteroatoms. The van der Waals surface area contributed by atoms with Gasteiger partial charge in [0.15, 0.2) is 0 Å². The molecule has 0 bridgehead atoms. The molecule has 4 nitrogen and oxygen atoms in total. The van der Waals surface area contributed by atoms with Gasteiger partial charge >= 0.3 is 5.97 Å². The highest BCUT2D eigenvalue weighted by Gasteiger charge is 2.44. The molecule has 2 aliphatic carbocycles. The van der Waals surface area contributed by atoms with Gasteiger partial charge < -0.3 is 15.3 Å². The lowest BCUT2D eigenvalue weighted by atomic mass is 9.89. The summed E-state index contributed by atoms with van der Waals surface area (Å²) in [6.07, 6.45) is 10.4. The summed E-state index contributed by atoms with van der Waals surface area (Å²) in [6.45, 7) is 3.79. The summed E-state index contributed by atoms with van der Waals surface area (Å²) >= 11 is 0. The van der Waals surface area contributed by atoms with Crippen LogP contribution in [-0.2, 0) is 4.79 Å². The van der Waals surface area contributed by atoms with E-state index in [2.05, 4.69) is 17.9 Å². The normalized spacial score (nSPS) is 31.6. The molecule has 0 aromatic carbocycles. The molecular weight excluding hydrogens is 328 g/mol. The van der Waals surface area contributed by atoms with Gasteiger partial charge in [0.1, 0.15) is 0 Å². The highest BCUT2D eigenvalue weighted by Crippen LogP contribution is 2.50. The van der Waals surface area contributed by atoms with Crippen LogP contribution >= 0.6 is 0 Å². The van der Waals surface area contributed by atoms with Crippen LogP contribution in [0.2, 0.25) is 0 Å². The summed E-state index contributed by atoms with van der Waals surface area (Å²) in [5.41, 5.74) is 1.41. The Hall–Kier alpha value is -1.57. The zero-order chi connectivity index (χ0) is 19.1.